The average molecular weight is 246 g/mol. The number of ether oxygens (including phenoxy) is 1. The van der Waals surface area contributed by atoms with Crippen LogP contribution in [0.25, 0.3) is 0 Å². The normalized spacial score (nSPS) is 12.2. The molecule has 2 aromatic carbocycles. The Hall–Kier alpha value is -1.87. The highest BCUT2D eigenvalue weighted by molar-refractivity contribution is 5.34. The van der Waals surface area contributed by atoms with Crippen LogP contribution in [0.15, 0.2) is 48.5 Å². The zero-order valence-corrected chi connectivity index (χ0v) is 10.1. The molecule has 94 valence electrons. The van der Waals surface area contributed by atoms with E-state index in [2.05, 4.69) is 0 Å². The van der Waals surface area contributed by atoms with Gasteiger partial charge in [0, 0.05) is 0 Å². The predicted molar refractivity (Wildman–Crippen MR) is 68.1 cm³/mol. The van der Waals surface area contributed by atoms with Crippen LogP contribution in [0.1, 0.15) is 24.2 Å². The molecule has 18 heavy (non-hydrogen) atoms. The first-order valence-electron chi connectivity index (χ1n) is 5.87. The summed E-state index contributed by atoms with van der Waals surface area (Å²) in [7, 11) is 0. The molecule has 2 aromatic rings. The monoisotopic (exact) mass is 246 g/mol. The smallest absolute Gasteiger partial charge is 0.123 e. The number of rotatable bonds is 4. The van der Waals surface area contributed by atoms with E-state index in [9.17, 15) is 9.50 Å². The van der Waals surface area contributed by atoms with Crippen molar-refractivity contribution in [2.45, 2.75) is 13.0 Å². The lowest BCUT2D eigenvalue weighted by Gasteiger charge is -2.12. The minimum absolute atomic E-state index is 0.308. The highest BCUT2D eigenvalue weighted by atomic mass is 19.1. The Morgan fingerprint density at radius 2 is 1.50 bits per heavy atom. The van der Waals surface area contributed by atoms with Gasteiger partial charge in [0.2, 0.25) is 0 Å². The minimum Gasteiger partial charge on any atom is -0.494 e. The van der Waals surface area contributed by atoms with Crippen molar-refractivity contribution < 1.29 is 14.2 Å². The number of aliphatic hydroxyl groups is 1. The number of aliphatic hydroxyl groups excluding tert-OH is 1. The van der Waals surface area contributed by atoms with E-state index in [0.29, 0.717) is 12.2 Å². The molecule has 1 N–H and O–H groups in total. The van der Waals surface area contributed by atoms with Crippen molar-refractivity contribution in [3.63, 3.8) is 0 Å². The quantitative estimate of drug-likeness (QED) is 0.896. The van der Waals surface area contributed by atoms with E-state index in [1.165, 1.54) is 12.1 Å². The molecule has 0 amide bonds. The first-order chi connectivity index (χ1) is 8.70. The van der Waals surface area contributed by atoms with Crippen LogP contribution < -0.4 is 4.74 Å². The molecule has 0 heterocycles. The Kier molecular flexibility index (Phi) is 3.95. The van der Waals surface area contributed by atoms with E-state index in [1.807, 2.05) is 19.1 Å². The average Bonchev–Trinajstić information content (AvgIpc) is 2.40. The molecule has 2 nitrogen and oxygen atoms in total. The molecule has 2 rings (SSSR count). The lowest BCUT2D eigenvalue weighted by Crippen LogP contribution is -2.00. The maximum atomic E-state index is 12.8. The van der Waals surface area contributed by atoms with Crippen LogP contribution in [0.3, 0.4) is 0 Å². The summed E-state index contributed by atoms with van der Waals surface area (Å²) in [6.07, 6.45) is -0.749. The maximum Gasteiger partial charge on any atom is 0.123 e. The molecule has 0 saturated heterocycles. The highest BCUT2D eigenvalue weighted by Crippen LogP contribution is 2.24. The Morgan fingerprint density at radius 1 is 1.00 bits per heavy atom. The molecule has 0 aliphatic carbocycles. The fourth-order valence-corrected chi connectivity index (χ4v) is 1.75. The van der Waals surface area contributed by atoms with Crippen molar-refractivity contribution in [1.29, 1.82) is 0 Å². The molecule has 0 aromatic heterocycles. The molecule has 0 saturated carbocycles. The van der Waals surface area contributed by atoms with Gasteiger partial charge in [-0.25, -0.2) is 4.39 Å². The molecule has 3 heteroatoms. The summed E-state index contributed by atoms with van der Waals surface area (Å²) in [4.78, 5) is 0. The van der Waals surface area contributed by atoms with Crippen molar-refractivity contribution in [1.82, 2.24) is 0 Å². The summed E-state index contributed by atoms with van der Waals surface area (Å²) in [6, 6.07) is 13.1. The number of halogens is 1. The zero-order chi connectivity index (χ0) is 13.0. The predicted octanol–water partition coefficient (Wildman–Crippen LogP) is 3.31. The van der Waals surface area contributed by atoms with Crippen molar-refractivity contribution >= 4 is 0 Å². The van der Waals surface area contributed by atoms with Gasteiger partial charge in [-0.2, -0.15) is 0 Å². The largest absolute Gasteiger partial charge is 0.494 e. The Bertz CT molecular complexity index is 491. The summed E-state index contributed by atoms with van der Waals surface area (Å²) < 4.78 is 18.1. The van der Waals surface area contributed by atoms with Crippen LogP contribution in [0.5, 0.6) is 5.75 Å². The van der Waals surface area contributed by atoms with Gasteiger partial charge in [-0.05, 0) is 42.3 Å². The summed E-state index contributed by atoms with van der Waals surface area (Å²) in [5.41, 5.74) is 1.42. The third-order valence-electron chi connectivity index (χ3n) is 2.69. The minimum atomic E-state index is -0.749. The van der Waals surface area contributed by atoms with Crippen LogP contribution in [0, 0.1) is 5.82 Å². The Morgan fingerprint density at radius 3 is 2.00 bits per heavy atom. The fourth-order valence-electron chi connectivity index (χ4n) is 1.75. The van der Waals surface area contributed by atoms with Gasteiger partial charge in [-0.3, -0.25) is 0 Å². The van der Waals surface area contributed by atoms with E-state index >= 15 is 0 Å². The van der Waals surface area contributed by atoms with Gasteiger partial charge in [0.25, 0.3) is 0 Å². The molecule has 0 spiro atoms. The third kappa shape index (κ3) is 2.87. The topological polar surface area (TPSA) is 29.5 Å². The van der Waals surface area contributed by atoms with Crippen LogP contribution in [-0.4, -0.2) is 11.7 Å². The van der Waals surface area contributed by atoms with E-state index in [0.717, 1.165) is 11.3 Å². The zero-order valence-electron chi connectivity index (χ0n) is 10.1. The SMILES string of the molecule is CCOc1ccc([C@H](O)c2ccc(F)cc2)cc1. The molecule has 0 fully saturated rings. The lowest BCUT2D eigenvalue weighted by molar-refractivity contribution is 0.220. The maximum absolute atomic E-state index is 12.8. The first kappa shape index (κ1) is 12.6. The van der Waals surface area contributed by atoms with Gasteiger partial charge in [-0.15, -0.1) is 0 Å². The second-order valence-electron chi connectivity index (χ2n) is 3.96. The van der Waals surface area contributed by atoms with E-state index < -0.39 is 6.10 Å². The fraction of sp³-hybridized carbons (Fsp3) is 0.200. The summed E-state index contributed by atoms with van der Waals surface area (Å²) in [5, 5.41) is 10.1. The second kappa shape index (κ2) is 5.65. The van der Waals surface area contributed by atoms with Crippen LogP contribution in [0.2, 0.25) is 0 Å². The van der Waals surface area contributed by atoms with E-state index in [1.54, 1.807) is 24.3 Å². The number of hydrogen-bond acceptors (Lipinski definition) is 2. The van der Waals surface area contributed by atoms with Crippen molar-refractivity contribution in [2.24, 2.45) is 0 Å². The molecule has 0 bridgehead atoms. The van der Waals surface area contributed by atoms with Crippen molar-refractivity contribution in [3.8, 4) is 5.75 Å². The molecule has 0 radical (unpaired) electrons. The lowest BCUT2D eigenvalue weighted by atomic mass is 10.0. The summed E-state index contributed by atoms with van der Waals surface area (Å²) >= 11 is 0. The molecular weight excluding hydrogens is 231 g/mol. The van der Waals surface area contributed by atoms with Crippen LogP contribution in [-0.2, 0) is 0 Å². The molecule has 0 unspecified atom stereocenters. The van der Waals surface area contributed by atoms with Crippen LogP contribution in [0.4, 0.5) is 4.39 Å². The Labute approximate surface area is 106 Å². The summed E-state index contributed by atoms with van der Waals surface area (Å²) in [6.45, 7) is 2.53. The van der Waals surface area contributed by atoms with Crippen molar-refractivity contribution in [2.75, 3.05) is 6.61 Å². The number of hydrogen-bond donors (Lipinski definition) is 1. The number of benzene rings is 2. The van der Waals surface area contributed by atoms with E-state index in [-0.39, 0.29) is 5.82 Å². The van der Waals surface area contributed by atoms with Gasteiger partial charge in [-0.1, -0.05) is 24.3 Å². The van der Waals surface area contributed by atoms with Gasteiger partial charge in [0.05, 0.1) is 6.61 Å². The first-order valence-corrected chi connectivity index (χ1v) is 5.87. The molecular formula is C15H15FO2. The highest BCUT2D eigenvalue weighted by Gasteiger charge is 2.10. The Balaban J connectivity index is 2.17. The second-order valence-corrected chi connectivity index (χ2v) is 3.96. The molecule has 0 aliphatic rings. The molecule has 1 atom stereocenters. The van der Waals surface area contributed by atoms with Gasteiger partial charge < -0.3 is 9.84 Å². The molecule has 0 aliphatic heterocycles. The van der Waals surface area contributed by atoms with Gasteiger partial charge in [0.15, 0.2) is 0 Å². The van der Waals surface area contributed by atoms with E-state index in [4.69, 9.17) is 4.74 Å². The van der Waals surface area contributed by atoms with Crippen LogP contribution >= 0.6 is 0 Å². The summed E-state index contributed by atoms with van der Waals surface area (Å²) in [5.74, 6) is 0.463. The third-order valence-corrected chi connectivity index (χ3v) is 2.69. The van der Waals surface area contributed by atoms with Gasteiger partial charge >= 0.3 is 0 Å². The van der Waals surface area contributed by atoms with Gasteiger partial charge in [0.1, 0.15) is 17.7 Å². The standard InChI is InChI=1S/C15H15FO2/c1-2-18-14-9-5-12(6-10-14)15(17)11-3-7-13(16)8-4-11/h3-10,15,17H,2H2,1H3/t15-/m1/s1. The van der Waals surface area contributed by atoms with Crippen molar-refractivity contribution in [3.05, 3.63) is 65.5 Å².